The number of likely N-dealkylation sites (tertiary alicyclic amines) is 1. The zero-order chi connectivity index (χ0) is 17.5. The molecule has 1 unspecified atom stereocenters. The molecule has 1 fully saturated rings. The molecule has 2 rings (SSSR count). The minimum Gasteiger partial charge on any atom is -0.483 e. The molecule has 0 bridgehead atoms. The lowest BCUT2D eigenvalue weighted by atomic mass is 9.93. The van der Waals surface area contributed by atoms with Gasteiger partial charge in [-0.15, -0.1) is 0 Å². The molecule has 3 N–H and O–H groups in total. The summed E-state index contributed by atoms with van der Waals surface area (Å²) in [7, 11) is 0. The van der Waals surface area contributed by atoms with Gasteiger partial charge in [-0.05, 0) is 37.3 Å². The smallest absolute Gasteiger partial charge is 0.303 e. The number of carboxylic acids is 1. The molecule has 0 aliphatic carbocycles. The summed E-state index contributed by atoms with van der Waals surface area (Å²) in [6.45, 7) is 0.883. The molecule has 24 heavy (non-hydrogen) atoms. The summed E-state index contributed by atoms with van der Waals surface area (Å²) in [5, 5.41) is 8.80. The number of nitrogens with zero attached hydrogens (tertiary/aromatic N) is 1. The van der Waals surface area contributed by atoms with Crippen LogP contribution in [0.15, 0.2) is 24.3 Å². The number of amides is 2. The summed E-state index contributed by atoms with van der Waals surface area (Å²) < 4.78 is 5.32. The third kappa shape index (κ3) is 4.97. The van der Waals surface area contributed by atoms with Crippen molar-refractivity contribution in [3.8, 4) is 5.75 Å². The number of carbonyl (C=O) groups excluding carboxylic acids is 2. The molecule has 1 aromatic carbocycles. The molecule has 1 aromatic rings. The third-order valence-electron chi connectivity index (χ3n) is 4.06. The highest BCUT2D eigenvalue weighted by molar-refractivity contribution is 5.97. The number of primary amides is 1. The number of hydrogen-bond acceptors (Lipinski definition) is 4. The lowest BCUT2D eigenvalue weighted by Crippen LogP contribution is -2.40. The zero-order valence-electron chi connectivity index (χ0n) is 13.4. The highest BCUT2D eigenvalue weighted by Crippen LogP contribution is 2.25. The predicted molar refractivity (Wildman–Crippen MR) is 86.6 cm³/mol. The fourth-order valence-corrected chi connectivity index (χ4v) is 2.90. The largest absolute Gasteiger partial charge is 0.483 e. The van der Waals surface area contributed by atoms with Gasteiger partial charge in [0.2, 0.25) is 0 Å². The van der Waals surface area contributed by atoms with E-state index in [-0.39, 0.29) is 24.9 Å². The van der Waals surface area contributed by atoms with Crippen LogP contribution in [0.4, 0.5) is 0 Å². The van der Waals surface area contributed by atoms with Crippen LogP contribution < -0.4 is 10.5 Å². The first-order valence-corrected chi connectivity index (χ1v) is 7.98. The van der Waals surface area contributed by atoms with E-state index < -0.39 is 11.9 Å². The van der Waals surface area contributed by atoms with E-state index in [0.717, 1.165) is 12.8 Å². The summed E-state index contributed by atoms with van der Waals surface area (Å²) in [6.07, 6.45) is 2.46. The summed E-state index contributed by atoms with van der Waals surface area (Å²) in [6, 6.07) is 6.73. The Morgan fingerprint density at radius 1 is 1.29 bits per heavy atom. The molecule has 130 valence electrons. The lowest BCUT2D eigenvalue weighted by Gasteiger charge is -2.33. The monoisotopic (exact) mass is 334 g/mol. The van der Waals surface area contributed by atoms with Gasteiger partial charge in [0.05, 0.1) is 5.56 Å². The van der Waals surface area contributed by atoms with Gasteiger partial charge in [-0.2, -0.15) is 0 Å². The Labute approximate surface area is 140 Å². The van der Waals surface area contributed by atoms with Gasteiger partial charge in [0.15, 0.2) is 6.61 Å². The average Bonchev–Trinajstić information content (AvgIpc) is 2.58. The first-order chi connectivity index (χ1) is 11.5. The zero-order valence-corrected chi connectivity index (χ0v) is 13.4. The number of hydrogen-bond donors (Lipinski definition) is 2. The van der Waals surface area contributed by atoms with E-state index >= 15 is 0 Å². The number of carboxylic acid groups (broad SMARTS) is 1. The number of carbonyl (C=O) groups is 3. The number of ether oxygens (including phenoxy) is 1. The minimum atomic E-state index is -0.816. The maximum Gasteiger partial charge on any atom is 0.303 e. The molecule has 0 spiro atoms. The van der Waals surface area contributed by atoms with Crippen molar-refractivity contribution in [1.82, 2.24) is 4.90 Å². The number of rotatable bonds is 7. The summed E-state index contributed by atoms with van der Waals surface area (Å²) in [4.78, 5) is 36.1. The van der Waals surface area contributed by atoms with Gasteiger partial charge in [-0.1, -0.05) is 12.1 Å². The number of aliphatic carboxylic acids is 1. The summed E-state index contributed by atoms with van der Waals surface area (Å²) in [5.74, 6) is -1.07. The van der Waals surface area contributed by atoms with Crippen molar-refractivity contribution in [3.05, 3.63) is 29.8 Å². The van der Waals surface area contributed by atoms with E-state index in [2.05, 4.69) is 0 Å². The number of piperidine rings is 1. The van der Waals surface area contributed by atoms with E-state index in [1.807, 2.05) is 0 Å². The van der Waals surface area contributed by atoms with Crippen molar-refractivity contribution in [1.29, 1.82) is 0 Å². The standard InChI is InChI=1S/C17H22N2O5/c18-15(20)11-24-14-6-2-1-5-13(14)17(23)19-9-3-4-12(10-19)7-8-16(21)22/h1-2,5-6,12H,3-4,7-11H2,(H2,18,20)(H,21,22). The van der Waals surface area contributed by atoms with Crippen LogP contribution in [-0.4, -0.2) is 47.5 Å². The maximum absolute atomic E-state index is 12.8. The van der Waals surface area contributed by atoms with Gasteiger partial charge in [-0.3, -0.25) is 14.4 Å². The Balaban J connectivity index is 2.05. The molecule has 7 heteroatoms. The van der Waals surface area contributed by atoms with E-state index in [9.17, 15) is 14.4 Å². The van der Waals surface area contributed by atoms with Crippen molar-refractivity contribution in [3.63, 3.8) is 0 Å². The Morgan fingerprint density at radius 3 is 2.75 bits per heavy atom. The molecular weight excluding hydrogens is 312 g/mol. The molecule has 0 radical (unpaired) electrons. The number of nitrogens with two attached hydrogens (primary N) is 1. The third-order valence-corrected chi connectivity index (χ3v) is 4.06. The average molecular weight is 334 g/mol. The summed E-state index contributed by atoms with van der Waals surface area (Å²) >= 11 is 0. The van der Waals surface area contributed by atoms with Gasteiger partial charge >= 0.3 is 5.97 Å². The second-order valence-electron chi connectivity index (χ2n) is 5.94. The minimum absolute atomic E-state index is 0.116. The SMILES string of the molecule is NC(=O)COc1ccccc1C(=O)N1CCCC(CCC(=O)O)C1. The van der Waals surface area contributed by atoms with Crippen molar-refractivity contribution >= 4 is 17.8 Å². The molecular formula is C17H22N2O5. The first-order valence-electron chi connectivity index (χ1n) is 7.98. The quantitative estimate of drug-likeness (QED) is 0.780. The highest BCUT2D eigenvalue weighted by Gasteiger charge is 2.26. The molecule has 7 nitrogen and oxygen atoms in total. The molecule has 1 aliphatic heterocycles. The van der Waals surface area contributed by atoms with Gasteiger partial charge in [-0.25, -0.2) is 0 Å². The predicted octanol–water partition coefficient (Wildman–Crippen LogP) is 1.27. The van der Waals surface area contributed by atoms with Crippen LogP contribution >= 0.6 is 0 Å². The van der Waals surface area contributed by atoms with Crippen molar-refractivity contribution in [2.45, 2.75) is 25.7 Å². The van der Waals surface area contributed by atoms with Crippen LogP contribution in [-0.2, 0) is 9.59 Å². The fourth-order valence-electron chi connectivity index (χ4n) is 2.90. The molecule has 0 saturated carbocycles. The van der Waals surface area contributed by atoms with E-state index in [4.69, 9.17) is 15.6 Å². The molecule has 0 aromatic heterocycles. The fraction of sp³-hybridized carbons (Fsp3) is 0.471. The Hall–Kier alpha value is -2.57. The normalized spacial score (nSPS) is 17.3. The first kappa shape index (κ1) is 17.8. The van der Waals surface area contributed by atoms with Gasteiger partial charge in [0.1, 0.15) is 5.75 Å². The Morgan fingerprint density at radius 2 is 2.04 bits per heavy atom. The van der Waals surface area contributed by atoms with Gasteiger partial charge < -0.3 is 20.5 Å². The van der Waals surface area contributed by atoms with Crippen LogP contribution in [0.1, 0.15) is 36.0 Å². The Kier molecular flexibility index (Phi) is 6.17. The van der Waals surface area contributed by atoms with E-state index in [1.165, 1.54) is 0 Å². The number of benzene rings is 1. The van der Waals surface area contributed by atoms with Crippen LogP contribution in [0.5, 0.6) is 5.75 Å². The molecule has 1 aliphatic rings. The van der Waals surface area contributed by atoms with Crippen molar-refractivity contribution in [2.75, 3.05) is 19.7 Å². The van der Waals surface area contributed by atoms with Crippen LogP contribution in [0.25, 0.3) is 0 Å². The second-order valence-corrected chi connectivity index (χ2v) is 5.94. The lowest BCUT2D eigenvalue weighted by molar-refractivity contribution is -0.137. The highest BCUT2D eigenvalue weighted by atomic mass is 16.5. The maximum atomic E-state index is 12.8. The van der Waals surface area contributed by atoms with Crippen molar-refractivity contribution in [2.24, 2.45) is 11.7 Å². The van der Waals surface area contributed by atoms with E-state index in [0.29, 0.717) is 30.8 Å². The Bertz CT molecular complexity index is 617. The van der Waals surface area contributed by atoms with Gasteiger partial charge in [0.25, 0.3) is 11.8 Å². The topological polar surface area (TPSA) is 110 Å². The second kappa shape index (κ2) is 8.33. The molecule has 1 atom stereocenters. The number of para-hydroxylation sites is 1. The van der Waals surface area contributed by atoms with Crippen LogP contribution in [0.2, 0.25) is 0 Å². The van der Waals surface area contributed by atoms with Crippen LogP contribution in [0, 0.1) is 5.92 Å². The van der Waals surface area contributed by atoms with Gasteiger partial charge in [0, 0.05) is 19.5 Å². The van der Waals surface area contributed by atoms with Crippen molar-refractivity contribution < 1.29 is 24.2 Å². The molecule has 2 amide bonds. The summed E-state index contributed by atoms with van der Waals surface area (Å²) in [5.41, 5.74) is 5.46. The molecule has 1 saturated heterocycles. The van der Waals surface area contributed by atoms with Crippen LogP contribution in [0.3, 0.4) is 0 Å². The van der Waals surface area contributed by atoms with E-state index in [1.54, 1.807) is 29.2 Å². The molecule has 1 heterocycles.